The molecule has 1 aromatic carbocycles. The fourth-order valence-electron chi connectivity index (χ4n) is 5.30. The lowest BCUT2D eigenvalue weighted by molar-refractivity contribution is -0.0349. The number of furan rings is 1. The summed E-state index contributed by atoms with van der Waals surface area (Å²) in [5, 5.41) is 20.7. The molecule has 3 fully saturated rings. The largest absolute Gasteiger partial charge is 0.508 e. The molecule has 3 unspecified atom stereocenters. The number of aliphatic hydroxyl groups is 1. The molecule has 4 nitrogen and oxygen atoms in total. The van der Waals surface area contributed by atoms with Crippen molar-refractivity contribution in [3.8, 4) is 5.75 Å². The first kappa shape index (κ1) is 13.0. The smallest absolute Gasteiger partial charge is 0.134 e. The summed E-state index contributed by atoms with van der Waals surface area (Å²) in [7, 11) is 0. The van der Waals surface area contributed by atoms with Gasteiger partial charge in [0, 0.05) is 42.6 Å². The molecule has 0 spiro atoms. The third-order valence-corrected chi connectivity index (χ3v) is 6.06. The Hall–Kier alpha value is -1.52. The highest BCUT2D eigenvalue weighted by Crippen LogP contribution is 2.51. The summed E-state index contributed by atoms with van der Waals surface area (Å²) in [6.07, 6.45) is 3.31. The molecule has 4 bridgehead atoms. The molecule has 2 N–H and O–H groups in total. The van der Waals surface area contributed by atoms with Crippen molar-refractivity contribution >= 4 is 11.0 Å². The zero-order chi connectivity index (χ0) is 14.8. The maximum absolute atomic E-state index is 9.81. The van der Waals surface area contributed by atoms with Gasteiger partial charge in [-0.25, -0.2) is 0 Å². The van der Waals surface area contributed by atoms with Crippen molar-refractivity contribution < 1.29 is 14.6 Å². The second-order valence-corrected chi connectivity index (χ2v) is 7.25. The number of nitrogens with zero attached hydrogens (tertiary/aromatic N) is 1. The van der Waals surface area contributed by atoms with Gasteiger partial charge in [-0.3, -0.25) is 4.90 Å². The first-order valence-electron chi connectivity index (χ1n) is 8.34. The second-order valence-electron chi connectivity index (χ2n) is 7.25. The SMILES string of the molecule is OCC1C[C@H]2C[C@H]3c4oc5ccc(O)cc5c4CCN(C2)C13. The van der Waals surface area contributed by atoms with E-state index in [1.54, 1.807) is 6.07 Å². The summed E-state index contributed by atoms with van der Waals surface area (Å²) in [5.74, 6) is 2.89. The van der Waals surface area contributed by atoms with Crippen molar-refractivity contribution in [1.82, 2.24) is 4.90 Å². The van der Waals surface area contributed by atoms with E-state index in [0.717, 1.165) is 36.1 Å². The van der Waals surface area contributed by atoms with Gasteiger partial charge in [-0.05, 0) is 49.3 Å². The molecular formula is C18H21NO3. The molecule has 3 aliphatic heterocycles. The topological polar surface area (TPSA) is 56.8 Å². The summed E-state index contributed by atoms with van der Waals surface area (Å²) in [5.41, 5.74) is 2.17. The van der Waals surface area contributed by atoms with Crippen LogP contribution in [0.1, 0.15) is 30.1 Å². The monoisotopic (exact) mass is 299 g/mol. The molecule has 4 aliphatic rings. The van der Waals surface area contributed by atoms with Gasteiger partial charge in [0.1, 0.15) is 17.1 Å². The number of fused-ring (bicyclic) bond motifs is 4. The van der Waals surface area contributed by atoms with E-state index in [1.807, 2.05) is 12.1 Å². The fraction of sp³-hybridized carbons (Fsp3) is 0.556. The first-order chi connectivity index (χ1) is 10.7. The maximum Gasteiger partial charge on any atom is 0.134 e. The van der Waals surface area contributed by atoms with Crippen molar-refractivity contribution in [3.05, 3.63) is 29.5 Å². The van der Waals surface area contributed by atoms with Gasteiger partial charge in [-0.1, -0.05) is 0 Å². The van der Waals surface area contributed by atoms with Crippen LogP contribution < -0.4 is 0 Å². The van der Waals surface area contributed by atoms with Gasteiger partial charge in [0.15, 0.2) is 0 Å². The second kappa shape index (κ2) is 4.49. The van der Waals surface area contributed by atoms with Crippen LogP contribution >= 0.6 is 0 Å². The third-order valence-electron chi connectivity index (χ3n) is 6.06. The van der Waals surface area contributed by atoms with Crippen LogP contribution in [-0.2, 0) is 6.42 Å². The van der Waals surface area contributed by atoms with E-state index in [9.17, 15) is 10.2 Å². The van der Waals surface area contributed by atoms with E-state index >= 15 is 0 Å². The lowest BCUT2D eigenvalue weighted by atomic mass is 9.66. The molecule has 0 radical (unpaired) electrons. The first-order valence-corrected chi connectivity index (χ1v) is 8.34. The lowest BCUT2D eigenvalue weighted by Gasteiger charge is -2.52. The summed E-state index contributed by atoms with van der Waals surface area (Å²) in [6, 6.07) is 5.83. The van der Waals surface area contributed by atoms with Gasteiger partial charge in [0.05, 0.1) is 0 Å². The molecule has 4 heteroatoms. The number of aromatic hydroxyl groups is 1. The van der Waals surface area contributed by atoms with Crippen molar-refractivity contribution in [2.45, 2.75) is 31.2 Å². The van der Waals surface area contributed by atoms with Crippen molar-refractivity contribution in [2.24, 2.45) is 11.8 Å². The summed E-state index contributed by atoms with van der Waals surface area (Å²) < 4.78 is 6.24. The normalized spacial score (nSPS) is 36.3. The Balaban J connectivity index is 1.69. The molecule has 6 rings (SSSR count). The van der Waals surface area contributed by atoms with E-state index in [1.165, 1.54) is 18.5 Å². The Kier molecular flexibility index (Phi) is 2.65. The zero-order valence-electron chi connectivity index (χ0n) is 12.5. The summed E-state index contributed by atoms with van der Waals surface area (Å²) in [4.78, 5) is 2.58. The minimum absolute atomic E-state index is 0.282. The molecule has 1 saturated carbocycles. The quantitative estimate of drug-likeness (QED) is 0.849. The Morgan fingerprint density at radius 1 is 1.27 bits per heavy atom. The molecule has 1 aromatic heterocycles. The Morgan fingerprint density at radius 2 is 2.18 bits per heavy atom. The van der Waals surface area contributed by atoms with Crippen LogP contribution in [0.25, 0.3) is 11.0 Å². The van der Waals surface area contributed by atoms with Crippen LogP contribution in [0.15, 0.2) is 22.6 Å². The van der Waals surface area contributed by atoms with Crippen LogP contribution in [0.2, 0.25) is 0 Å². The number of phenols is 1. The van der Waals surface area contributed by atoms with Crippen molar-refractivity contribution in [3.63, 3.8) is 0 Å². The Bertz CT molecular complexity index is 737. The van der Waals surface area contributed by atoms with Gasteiger partial charge < -0.3 is 14.6 Å². The van der Waals surface area contributed by atoms with E-state index in [0.29, 0.717) is 29.5 Å². The molecule has 5 atom stereocenters. The minimum Gasteiger partial charge on any atom is -0.508 e. The zero-order valence-corrected chi connectivity index (χ0v) is 12.5. The number of aliphatic hydroxyl groups excluding tert-OH is 1. The van der Waals surface area contributed by atoms with Gasteiger partial charge in [0.2, 0.25) is 0 Å². The van der Waals surface area contributed by atoms with Crippen LogP contribution in [0.3, 0.4) is 0 Å². The number of benzene rings is 1. The van der Waals surface area contributed by atoms with Gasteiger partial charge in [0.25, 0.3) is 0 Å². The van der Waals surface area contributed by atoms with Gasteiger partial charge >= 0.3 is 0 Å². The number of piperidine rings is 2. The molecule has 2 saturated heterocycles. The number of hydrogen-bond donors (Lipinski definition) is 2. The lowest BCUT2D eigenvalue weighted by Crippen LogP contribution is -2.57. The standard InChI is InChI=1S/C18H21NO3/c20-9-11-5-10-6-15-17(11)19(8-10)4-3-13-14-7-12(21)1-2-16(14)22-18(13)15/h1-2,7,10-11,15,17,20-21H,3-6,8-9H2/t10-,11?,15+,17?/m0/s1. The fourth-order valence-corrected chi connectivity index (χ4v) is 5.30. The molecule has 0 amide bonds. The van der Waals surface area contributed by atoms with Crippen LogP contribution in [-0.4, -0.2) is 40.9 Å². The summed E-state index contributed by atoms with van der Waals surface area (Å²) >= 11 is 0. The number of hydrogen-bond acceptors (Lipinski definition) is 4. The molecule has 1 aliphatic carbocycles. The highest BCUT2D eigenvalue weighted by Gasteiger charge is 2.49. The molecule has 4 heterocycles. The van der Waals surface area contributed by atoms with Crippen LogP contribution in [0.5, 0.6) is 5.75 Å². The Morgan fingerprint density at radius 3 is 3.05 bits per heavy atom. The van der Waals surface area contributed by atoms with Crippen LogP contribution in [0.4, 0.5) is 0 Å². The highest BCUT2D eigenvalue weighted by molar-refractivity contribution is 5.84. The van der Waals surface area contributed by atoms with E-state index in [-0.39, 0.29) is 6.61 Å². The molecule has 116 valence electrons. The summed E-state index contributed by atoms with van der Waals surface area (Å²) in [6.45, 7) is 2.49. The van der Waals surface area contributed by atoms with Gasteiger partial charge in [-0.2, -0.15) is 0 Å². The average Bonchev–Trinajstić information content (AvgIpc) is 2.85. The molecular weight excluding hydrogens is 278 g/mol. The maximum atomic E-state index is 9.81. The minimum atomic E-state index is 0.282. The molecule has 2 aromatic rings. The number of rotatable bonds is 1. The van der Waals surface area contributed by atoms with Crippen molar-refractivity contribution in [1.29, 1.82) is 0 Å². The predicted molar refractivity (Wildman–Crippen MR) is 83.0 cm³/mol. The van der Waals surface area contributed by atoms with E-state index in [2.05, 4.69) is 4.90 Å². The molecule has 22 heavy (non-hydrogen) atoms. The van der Waals surface area contributed by atoms with Crippen LogP contribution in [0, 0.1) is 11.8 Å². The average molecular weight is 299 g/mol. The van der Waals surface area contributed by atoms with Gasteiger partial charge in [-0.15, -0.1) is 0 Å². The van der Waals surface area contributed by atoms with E-state index < -0.39 is 0 Å². The Labute approximate surface area is 129 Å². The highest BCUT2D eigenvalue weighted by atomic mass is 16.3. The van der Waals surface area contributed by atoms with E-state index in [4.69, 9.17) is 4.42 Å². The van der Waals surface area contributed by atoms with Crippen molar-refractivity contribution in [2.75, 3.05) is 19.7 Å². The third kappa shape index (κ3) is 1.65. The predicted octanol–water partition coefficient (Wildman–Crippen LogP) is 2.48. The number of phenolic OH excluding ortho intramolecular Hbond substituents is 1.